The summed E-state index contributed by atoms with van der Waals surface area (Å²) in [7, 11) is 0. The second-order valence-electron chi connectivity index (χ2n) is 5.06. The Morgan fingerprint density at radius 2 is 1.83 bits per heavy atom. The predicted octanol–water partition coefficient (Wildman–Crippen LogP) is 3.64. The zero-order chi connectivity index (χ0) is 14.0. The number of esters is 1. The van der Waals surface area contributed by atoms with Gasteiger partial charge in [-0.3, -0.25) is 0 Å². The van der Waals surface area contributed by atoms with Gasteiger partial charge in [-0.1, -0.05) is 33.1 Å². The smallest absolute Gasteiger partial charge is 0.339 e. The lowest BCUT2D eigenvalue weighted by atomic mass is 10.0. The third kappa shape index (κ3) is 7.67. The van der Waals surface area contributed by atoms with Crippen LogP contribution in [-0.4, -0.2) is 24.3 Å². The largest absolute Gasteiger partial charge is 0.458 e. The fourth-order valence-corrected chi connectivity index (χ4v) is 1.74. The van der Waals surface area contributed by atoms with Crippen LogP contribution >= 0.6 is 0 Å². The summed E-state index contributed by atoms with van der Waals surface area (Å²) in [5.41, 5.74) is -0.439. The van der Waals surface area contributed by atoms with Crippen molar-refractivity contribution in [3.63, 3.8) is 0 Å². The van der Waals surface area contributed by atoms with Crippen molar-refractivity contribution in [2.24, 2.45) is 0 Å². The van der Waals surface area contributed by atoms with Gasteiger partial charge in [0.1, 0.15) is 5.60 Å². The molecule has 0 rings (SSSR count). The van der Waals surface area contributed by atoms with E-state index in [-0.39, 0.29) is 5.97 Å². The molecular formula is C14H28O4. The fraction of sp³-hybridized carbons (Fsp3) is 0.929. The van der Waals surface area contributed by atoms with Crippen LogP contribution in [0.2, 0.25) is 0 Å². The van der Waals surface area contributed by atoms with E-state index in [4.69, 9.17) is 14.5 Å². The molecule has 0 aliphatic carbocycles. The Balaban J connectivity index is 4.34. The molecule has 0 amide bonds. The molecule has 0 aromatic rings. The first-order valence-electron chi connectivity index (χ1n) is 6.98. The lowest BCUT2D eigenvalue weighted by Gasteiger charge is -2.26. The molecule has 0 fully saturated rings. The third-order valence-electron chi connectivity index (χ3n) is 2.61. The Labute approximate surface area is 111 Å². The topological polar surface area (TPSA) is 44.8 Å². The number of hydrogen-bond acceptors (Lipinski definition) is 4. The van der Waals surface area contributed by atoms with Crippen LogP contribution in [0.4, 0.5) is 0 Å². The molecule has 0 aliphatic heterocycles. The van der Waals surface area contributed by atoms with Crippen LogP contribution in [0.15, 0.2) is 0 Å². The minimum atomic E-state index is -0.610. The maximum atomic E-state index is 12.0. The quantitative estimate of drug-likeness (QED) is 0.342. The molecule has 0 aliphatic rings. The highest BCUT2D eigenvalue weighted by atomic mass is 17.2. The first-order chi connectivity index (χ1) is 8.46. The molecule has 4 heteroatoms. The Morgan fingerprint density at radius 1 is 1.17 bits per heavy atom. The van der Waals surface area contributed by atoms with Gasteiger partial charge >= 0.3 is 5.97 Å². The Hall–Kier alpha value is -0.610. The van der Waals surface area contributed by atoms with Gasteiger partial charge in [0.15, 0.2) is 6.10 Å². The Morgan fingerprint density at radius 3 is 2.33 bits per heavy atom. The second-order valence-corrected chi connectivity index (χ2v) is 5.06. The number of unbranched alkanes of at least 4 members (excludes halogenated alkanes) is 1. The van der Waals surface area contributed by atoms with E-state index in [9.17, 15) is 4.79 Å². The molecule has 0 N–H and O–H groups in total. The van der Waals surface area contributed by atoms with Crippen LogP contribution < -0.4 is 0 Å². The second kappa shape index (κ2) is 9.34. The number of hydrogen-bond donors (Lipinski definition) is 0. The van der Waals surface area contributed by atoms with Crippen molar-refractivity contribution in [2.75, 3.05) is 6.61 Å². The lowest BCUT2D eigenvalue weighted by Crippen LogP contribution is -2.35. The van der Waals surface area contributed by atoms with Crippen LogP contribution in [0.1, 0.15) is 66.7 Å². The molecule has 0 aromatic heterocycles. The monoisotopic (exact) mass is 260 g/mol. The summed E-state index contributed by atoms with van der Waals surface area (Å²) >= 11 is 0. The van der Waals surface area contributed by atoms with Crippen molar-refractivity contribution < 1.29 is 19.3 Å². The average molecular weight is 260 g/mol. The number of ether oxygens (including phenoxy) is 1. The van der Waals surface area contributed by atoms with E-state index in [1.54, 1.807) is 0 Å². The van der Waals surface area contributed by atoms with Gasteiger partial charge in [-0.05, 0) is 33.6 Å². The molecule has 1 unspecified atom stereocenters. The van der Waals surface area contributed by atoms with Crippen molar-refractivity contribution in [1.82, 2.24) is 0 Å². The summed E-state index contributed by atoms with van der Waals surface area (Å²) in [6.07, 6.45) is 3.78. The highest BCUT2D eigenvalue weighted by Gasteiger charge is 2.28. The van der Waals surface area contributed by atoms with Crippen molar-refractivity contribution in [3.8, 4) is 0 Å². The summed E-state index contributed by atoms with van der Waals surface area (Å²) in [4.78, 5) is 22.0. The summed E-state index contributed by atoms with van der Waals surface area (Å²) in [6, 6.07) is 0. The van der Waals surface area contributed by atoms with Gasteiger partial charge in [-0.25, -0.2) is 14.6 Å². The van der Waals surface area contributed by atoms with Crippen LogP contribution in [-0.2, 0) is 19.3 Å². The van der Waals surface area contributed by atoms with Gasteiger partial charge in [0, 0.05) is 0 Å². The van der Waals surface area contributed by atoms with Gasteiger partial charge in [0.05, 0.1) is 6.61 Å². The van der Waals surface area contributed by atoms with Crippen molar-refractivity contribution in [1.29, 1.82) is 0 Å². The molecule has 0 saturated heterocycles. The third-order valence-corrected chi connectivity index (χ3v) is 2.61. The SMILES string of the molecule is CCCCC(OOCC)C(=O)OC(C)(C)CCC. The summed E-state index contributed by atoms with van der Waals surface area (Å²) in [5, 5.41) is 0. The minimum absolute atomic E-state index is 0.324. The molecule has 0 spiro atoms. The average Bonchev–Trinajstić information content (AvgIpc) is 2.28. The highest BCUT2D eigenvalue weighted by molar-refractivity contribution is 5.75. The molecule has 4 nitrogen and oxygen atoms in total. The van der Waals surface area contributed by atoms with Crippen LogP contribution in [0.3, 0.4) is 0 Å². The maximum absolute atomic E-state index is 12.0. The standard InChI is InChI=1S/C14H28O4/c1-6-9-10-12(18-16-8-3)13(15)17-14(4,5)11-7-2/h12H,6-11H2,1-5H3. The van der Waals surface area contributed by atoms with E-state index < -0.39 is 11.7 Å². The molecular weight excluding hydrogens is 232 g/mol. The van der Waals surface area contributed by atoms with Crippen LogP contribution in [0, 0.1) is 0 Å². The molecule has 108 valence electrons. The fourth-order valence-electron chi connectivity index (χ4n) is 1.74. The Kier molecular flexibility index (Phi) is 9.02. The number of rotatable bonds is 10. The molecule has 1 atom stereocenters. The van der Waals surface area contributed by atoms with Crippen LogP contribution in [0.5, 0.6) is 0 Å². The van der Waals surface area contributed by atoms with E-state index in [0.717, 1.165) is 25.7 Å². The van der Waals surface area contributed by atoms with Crippen molar-refractivity contribution in [3.05, 3.63) is 0 Å². The molecule has 18 heavy (non-hydrogen) atoms. The molecule has 0 bridgehead atoms. The zero-order valence-electron chi connectivity index (χ0n) is 12.5. The predicted molar refractivity (Wildman–Crippen MR) is 71.1 cm³/mol. The molecule has 0 aromatic carbocycles. The van der Waals surface area contributed by atoms with E-state index in [1.165, 1.54) is 0 Å². The van der Waals surface area contributed by atoms with E-state index in [2.05, 4.69) is 13.8 Å². The van der Waals surface area contributed by atoms with Crippen molar-refractivity contribution >= 4 is 5.97 Å². The van der Waals surface area contributed by atoms with Gasteiger partial charge in [-0.15, -0.1) is 0 Å². The van der Waals surface area contributed by atoms with Crippen molar-refractivity contribution in [2.45, 2.75) is 78.4 Å². The highest BCUT2D eigenvalue weighted by Crippen LogP contribution is 2.19. The van der Waals surface area contributed by atoms with E-state index in [1.807, 2.05) is 20.8 Å². The van der Waals surface area contributed by atoms with E-state index >= 15 is 0 Å². The molecule has 0 radical (unpaired) electrons. The van der Waals surface area contributed by atoms with Gasteiger partial charge < -0.3 is 4.74 Å². The maximum Gasteiger partial charge on any atom is 0.339 e. The number of carbonyl (C=O) groups excluding carboxylic acids is 1. The van der Waals surface area contributed by atoms with Gasteiger partial charge in [0.25, 0.3) is 0 Å². The van der Waals surface area contributed by atoms with Gasteiger partial charge in [0.2, 0.25) is 0 Å². The first kappa shape index (κ1) is 17.4. The Bertz CT molecular complexity index is 218. The molecule has 0 saturated carbocycles. The minimum Gasteiger partial charge on any atom is -0.458 e. The summed E-state index contributed by atoms with van der Waals surface area (Å²) in [5.74, 6) is -0.324. The zero-order valence-corrected chi connectivity index (χ0v) is 12.5. The van der Waals surface area contributed by atoms with Gasteiger partial charge in [-0.2, -0.15) is 0 Å². The van der Waals surface area contributed by atoms with Crippen LogP contribution in [0.25, 0.3) is 0 Å². The van der Waals surface area contributed by atoms with E-state index in [0.29, 0.717) is 13.0 Å². The molecule has 0 heterocycles. The summed E-state index contributed by atoms with van der Waals surface area (Å²) in [6.45, 7) is 10.2. The lowest BCUT2D eigenvalue weighted by molar-refractivity contribution is -0.320. The number of carbonyl (C=O) groups is 1. The normalized spacial score (nSPS) is 13.4. The summed E-state index contributed by atoms with van der Waals surface area (Å²) < 4.78 is 5.49. The first-order valence-corrected chi connectivity index (χ1v) is 6.98.